The molecule has 2 N–H and O–H groups in total. The minimum absolute atomic E-state index is 0.646. The third-order valence-corrected chi connectivity index (χ3v) is 4.31. The van der Waals surface area contributed by atoms with Crippen molar-refractivity contribution >= 4 is 5.69 Å². The van der Waals surface area contributed by atoms with E-state index >= 15 is 0 Å². The summed E-state index contributed by atoms with van der Waals surface area (Å²) in [6, 6.07) is 22.1. The van der Waals surface area contributed by atoms with Gasteiger partial charge in [-0.3, -0.25) is 0 Å². The van der Waals surface area contributed by atoms with Crippen LogP contribution in [0.4, 0.5) is 5.69 Å². The fourth-order valence-electron chi connectivity index (χ4n) is 2.93. The van der Waals surface area contributed by atoms with Crippen LogP contribution in [0.25, 0.3) is 22.4 Å². The number of nitrogens with two attached hydrogens (primary N) is 1. The number of hydrogen-bond acceptors (Lipinski definition) is 3. The van der Waals surface area contributed by atoms with E-state index in [0.29, 0.717) is 24.1 Å². The van der Waals surface area contributed by atoms with Crippen molar-refractivity contribution in [2.75, 3.05) is 12.3 Å². The van der Waals surface area contributed by atoms with E-state index in [4.69, 9.17) is 15.5 Å². The lowest BCUT2D eigenvalue weighted by Crippen LogP contribution is -2.05. The van der Waals surface area contributed by atoms with Crippen LogP contribution in [0.2, 0.25) is 0 Å². The van der Waals surface area contributed by atoms with Gasteiger partial charge in [0, 0.05) is 11.1 Å². The van der Waals surface area contributed by atoms with Crippen molar-refractivity contribution in [3.05, 3.63) is 66.7 Å². The predicted octanol–water partition coefficient (Wildman–Crippen LogP) is 5.81. The highest BCUT2D eigenvalue weighted by Crippen LogP contribution is 2.35. The summed E-state index contributed by atoms with van der Waals surface area (Å²) in [5.41, 5.74) is 10.8. The van der Waals surface area contributed by atoms with Crippen LogP contribution in [-0.4, -0.2) is 11.6 Å². The third kappa shape index (κ3) is 4.42. The molecule has 26 heavy (non-hydrogen) atoms. The minimum Gasteiger partial charge on any atom is -0.477 e. The molecule has 3 rings (SSSR count). The molecule has 0 fully saturated rings. The average molecular weight is 346 g/mol. The van der Waals surface area contributed by atoms with E-state index in [9.17, 15) is 0 Å². The molecule has 0 aliphatic carbocycles. The van der Waals surface area contributed by atoms with Gasteiger partial charge in [-0.2, -0.15) is 0 Å². The van der Waals surface area contributed by atoms with E-state index in [1.807, 2.05) is 54.6 Å². The molecule has 0 saturated carbocycles. The first kappa shape index (κ1) is 18.0. The Morgan fingerprint density at radius 1 is 0.923 bits per heavy atom. The molecule has 0 saturated heterocycles. The SMILES string of the molecule is CC(C)CCCOc1nc(-c2ccccc2)c(N)cc1-c1ccccc1. The molecule has 3 heteroatoms. The summed E-state index contributed by atoms with van der Waals surface area (Å²) in [4.78, 5) is 4.79. The monoisotopic (exact) mass is 346 g/mol. The zero-order valence-corrected chi connectivity index (χ0v) is 15.5. The van der Waals surface area contributed by atoms with Crippen molar-refractivity contribution in [1.29, 1.82) is 0 Å². The number of anilines is 1. The first-order valence-corrected chi connectivity index (χ1v) is 9.19. The highest BCUT2D eigenvalue weighted by molar-refractivity contribution is 5.80. The summed E-state index contributed by atoms with van der Waals surface area (Å²) < 4.78 is 6.09. The van der Waals surface area contributed by atoms with E-state index in [-0.39, 0.29) is 0 Å². The topological polar surface area (TPSA) is 48.1 Å². The Morgan fingerprint density at radius 2 is 1.54 bits per heavy atom. The number of aromatic nitrogens is 1. The van der Waals surface area contributed by atoms with Gasteiger partial charge < -0.3 is 10.5 Å². The van der Waals surface area contributed by atoms with Crippen molar-refractivity contribution in [3.8, 4) is 28.3 Å². The Kier molecular flexibility index (Phi) is 5.90. The zero-order chi connectivity index (χ0) is 18.4. The zero-order valence-electron chi connectivity index (χ0n) is 15.5. The Hall–Kier alpha value is -2.81. The van der Waals surface area contributed by atoms with E-state index in [1.54, 1.807) is 0 Å². The molecule has 3 aromatic rings. The molecular formula is C23H26N2O. The second kappa shape index (κ2) is 8.52. The first-order chi connectivity index (χ1) is 12.6. The number of hydrogen-bond donors (Lipinski definition) is 1. The normalized spacial score (nSPS) is 10.9. The average Bonchev–Trinajstić information content (AvgIpc) is 2.67. The van der Waals surface area contributed by atoms with Gasteiger partial charge in [0.25, 0.3) is 0 Å². The Morgan fingerprint density at radius 3 is 2.15 bits per heavy atom. The van der Waals surface area contributed by atoms with Crippen LogP contribution >= 0.6 is 0 Å². The molecule has 0 spiro atoms. The van der Waals surface area contributed by atoms with Crippen LogP contribution < -0.4 is 10.5 Å². The number of nitrogens with zero attached hydrogens (tertiary/aromatic N) is 1. The van der Waals surface area contributed by atoms with E-state index in [1.165, 1.54) is 0 Å². The van der Waals surface area contributed by atoms with Gasteiger partial charge in [-0.15, -0.1) is 0 Å². The summed E-state index contributed by atoms with van der Waals surface area (Å²) in [6.45, 7) is 5.11. The van der Waals surface area contributed by atoms with Gasteiger partial charge in [0.15, 0.2) is 0 Å². The summed E-state index contributed by atoms with van der Waals surface area (Å²) in [5, 5.41) is 0. The molecule has 1 heterocycles. The van der Waals surface area contributed by atoms with Crippen LogP contribution in [0.15, 0.2) is 66.7 Å². The van der Waals surface area contributed by atoms with Crippen molar-refractivity contribution in [3.63, 3.8) is 0 Å². The summed E-state index contributed by atoms with van der Waals surface area (Å²) in [6.07, 6.45) is 2.15. The van der Waals surface area contributed by atoms with Gasteiger partial charge in [-0.1, -0.05) is 74.5 Å². The van der Waals surface area contributed by atoms with Gasteiger partial charge in [0.2, 0.25) is 5.88 Å². The summed E-state index contributed by atoms with van der Waals surface area (Å²) >= 11 is 0. The molecule has 0 atom stereocenters. The second-order valence-electron chi connectivity index (χ2n) is 6.90. The number of nitrogen functional groups attached to an aromatic ring is 1. The van der Waals surface area contributed by atoms with Gasteiger partial charge >= 0.3 is 0 Å². The lowest BCUT2D eigenvalue weighted by Gasteiger charge is -2.15. The molecule has 2 aromatic carbocycles. The fourth-order valence-corrected chi connectivity index (χ4v) is 2.93. The molecule has 0 radical (unpaired) electrons. The molecule has 0 bridgehead atoms. The highest BCUT2D eigenvalue weighted by Gasteiger charge is 2.14. The Balaban J connectivity index is 1.96. The number of pyridine rings is 1. The molecular weight excluding hydrogens is 320 g/mol. The van der Waals surface area contributed by atoms with Crippen molar-refractivity contribution in [2.45, 2.75) is 26.7 Å². The van der Waals surface area contributed by atoms with Gasteiger partial charge in [-0.25, -0.2) is 4.98 Å². The van der Waals surface area contributed by atoms with Crippen LogP contribution in [0.1, 0.15) is 26.7 Å². The van der Waals surface area contributed by atoms with Crippen LogP contribution in [0.3, 0.4) is 0 Å². The highest BCUT2D eigenvalue weighted by atomic mass is 16.5. The number of rotatable bonds is 7. The van der Waals surface area contributed by atoms with Crippen molar-refractivity contribution < 1.29 is 4.74 Å². The number of benzene rings is 2. The maximum Gasteiger partial charge on any atom is 0.222 e. The molecule has 0 amide bonds. The molecule has 0 aliphatic heterocycles. The van der Waals surface area contributed by atoms with Gasteiger partial charge in [-0.05, 0) is 30.4 Å². The molecule has 0 aliphatic rings. The van der Waals surface area contributed by atoms with Crippen LogP contribution in [-0.2, 0) is 0 Å². The lowest BCUT2D eigenvalue weighted by atomic mass is 10.0. The fraction of sp³-hybridized carbons (Fsp3) is 0.261. The van der Waals surface area contributed by atoms with Crippen LogP contribution in [0.5, 0.6) is 5.88 Å². The van der Waals surface area contributed by atoms with E-state index in [0.717, 1.165) is 35.2 Å². The first-order valence-electron chi connectivity index (χ1n) is 9.19. The standard InChI is InChI=1S/C23H26N2O/c1-17(2)10-9-15-26-23-20(18-11-5-3-6-12-18)16-21(24)22(25-23)19-13-7-4-8-14-19/h3-8,11-14,16-17H,9-10,15,24H2,1-2H3. The molecule has 3 nitrogen and oxygen atoms in total. The predicted molar refractivity (Wildman–Crippen MR) is 109 cm³/mol. The largest absolute Gasteiger partial charge is 0.477 e. The van der Waals surface area contributed by atoms with Crippen LogP contribution in [0, 0.1) is 5.92 Å². The quantitative estimate of drug-likeness (QED) is 0.549. The molecule has 0 unspecified atom stereocenters. The second-order valence-corrected chi connectivity index (χ2v) is 6.90. The smallest absolute Gasteiger partial charge is 0.222 e. The van der Waals surface area contributed by atoms with Gasteiger partial charge in [0.05, 0.1) is 18.0 Å². The van der Waals surface area contributed by atoms with E-state index in [2.05, 4.69) is 26.0 Å². The van der Waals surface area contributed by atoms with E-state index < -0.39 is 0 Å². The van der Waals surface area contributed by atoms with Crippen molar-refractivity contribution in [1.82, 2.24) is 4.98 Å². The summed E-state index contributed by atoms with van der Waals surface area (Å²) in [7, 11) is 0. The Labute approximate surface area is 155 Å². The number of ether oxygens (including phenoxy) is 1. The third-order valence-electron chi connectivity index (χ3n) is 4.31. The lowest BCUT2D eigenvalue weighted by molar-refractivity contribution is 0.289. The maximum absolute atomic E-state index is 6.34. The molecule has 1 aromatic heterocycles. The maximum atomic E-state index is 6.34. The summed E-state index contributed by atoms with van der Waals surface area (Å²) in [5.74, 6) is 1.32. The Bertz CT molecular complexity index is 830. The minimum atomic E-state index is 0.646. The molecule has 134 valence electrons. The van der Waals surface area contributed by atoms with Crippen molar-refractivity contribution in [2.24, 2.45) is 5.92 Å². The van der Waals surface area contributed by atoms with Gasteiger partial charge in [0.1, 0.15) is 0 Å².